The predicted octanol–water partition coefficient (Wildman–Crippen LogP) is 2.60. The molecule has 0 spiro atoms. The van der Waals surface area contributed by atoms with E-state index in [1.165, 1.54) is 17.2 Å². The number of hydrogen-bond acceptors (Lipinski definition) is 3. The SMILES string of the molecule is COCCNCc1c2c(nc3c(F)cccc13)CCC2. The number of fused-ring (bicyclic) bond motifs is 2. The number of rotatable bonds is 5. The summed E-state index contributed by atoms with van der Waals surface area (Å²) in [5.41, 5.74) is 4.11. The molecule has 2 aromatic rings. The van der Waals surface area contributed by atoms with Gasteiger partial charge in [-0.2, -0.15) is 0 Å². The van der Waals surface area contributed by atoms with Crippen LogP contribution in [0.3, 0.4) is 0 Å². The Kier molecular flexibility index (Phi) is 3.94. The standard InChI is InChI=1S/C16H19FN2O/c1-20-9-8-18-10-13-11-4-3-7-15(11)19-16-12(13)5-2-6-14(16)17/h2,5-6,18H,3-4,7-10H2,1H3. The van der Waals surface area contributed by atoms with Crippen LogP contribution in [0, 0.1) is 5.82 Å². The maximum atomic E-state index is 14.0. The highest BCUT2D eigenvalue weighted by molar-refractivity contribution is 5.84. The summed E-state index contributed by atoms with van der Waals surface area (Å²) >= 11 is 0. The third-order valence-electron chi connectivity index (χ3n) is 3.90. The van der Waals surface area contributed by atoms with E-state index in [9.17, 15) is 4.39 Å². The quantitative estimate of drug-likeness (QED) is 0.851. The van der Waals surface area contributed by atoms with Gasteiger partial charge in [0.15, 0.2) is 0 Å². The summed E-state index contributed by atoms with van der Waals surface area (Å²) < 4.78 is 19.0. The first-order valence-corrected chi connectivity index (χ1v) is 7.09. The van der Waals surface area contributed by atoms with Crippen molar-refractivity contribution < 1.29 is 9.13 Å². The molecule has 0 unspecified atom stereocenters. The highest BCUT2D eigenvalue weighted by atomic mass is 19.1. The number of aryl methyl sites for hydroxylation is 1. The molecule has 0 bridgehead atoms. The van der Waals surface area contributed by atoms with Crippen molar-refractivity contribution in [2.45, 2.75) is 25.8 Å². The third kappa shape index (κ3) is 2.41. The molecule has 1 heterocycles. The van der Waals surface area contributed by atoms with E-state index in [2.05, 4.69) is 10.3 Å². The minimum absolute atomic E-state index is 0.227. The van der Waals surface area contributed by atoms with Gasteiger partial charge in [0.2, 0.25) is 0 Å². The van der Waals surface area contributed by atoms with E-state index in [0.717, 1.165) is 43.4 Å². The number of nitrogens with one attached hydrogen (secondary N) is 1. The Bertz CT molecular complexity index is 627. The second-order valence-electron chi connectivity index (χ2n) is 5.17. The Hall–Kier alpha value is -1.52. The van der Waals surface area contributed by atoms with Crippen LogP contribution < -0.4 is 5.32 Å². The minimum atomic E-state index is -0.227. The minimum Gasteiger partial charge on any atom is -0.383 e. The molecule has 0 saturated heterocycles. The maximum Gasteiger partial charge on any atom is 0.149 e. The molecule has 0 atom stereocenters. The van der Waals surface area contributed by atoms with Gasteiger partial charge in [0.1, 0.15) is 11.3 Å². The van der Waals surface area contributed by atoms with Gasteiger partial charge < -0.3 is 10.1 Å². The highest BCUT2D eigenvalue weighted by Crippen LogP contribution is 2.30. The normalized spacial score (nSPS) is 13.9. The number of para-hydroxylation sites is 1. The Morgan fingerprint density at radius 1 is 1.35 bits per heavy atom. The van der Waals surface area contributed by atoms with Crippen molar-refractivity contribution in [1.82, 2.24) is 10.3 Å². The Morgan fingerprint density at radius 3 is 3.10 bits per heavy atom. The Labute approximate surface area is 118 Å². The smallest absolute Gasteiger partial charge is 0.149 e. The average Bonchev–Trinajstić information content (AvgIpc) is 2.92. The number of aromatic nitrogens is 1. The number of benzene rings is 1. The van der Waals surface area contributed by atoms with Crippen LogP contribution in [0.4, 0.5) is 4.39 Å². The largest absolute Gasteiger partial charge is 0.383 e. The van der Waals surface area contributed by atoms with E-state index in [1.807, 2.05) is 6.07 Å². The summed E-state index contributed by atoms with van der Waals surface area (Å²) in [5.74, 6) is -0.227. The molecule has 1 aromatic heterocycles. The zero-order chi connectivity index (χ0) is 13.9. The van der Waals surface area contributed by atoms with E-state index < -0.39 is 0 Å². The van der Waals surface area contributed by atoms with Gasteiger partial charge in [0, 0.05) is 31.3 Å². The first-order chi connectivity index (χ1) is 9.81. The van der Waals surface area contributed by atoms with Crippen LogP contribution in [-0.2, 0) is 24.1 Å². The molecule has 1 N–H and O–H groups in total. The van der Waals surface area contributed by atoms with Gasteiger partial charge in [-0.1, -0.05) is 12.1 Å². The van der Waals surface area contributed by atoms with E-state index in [1.54, 1.807) is 13.2 Å². The predicted molar refractivity (Wildman–Crippen MR) is 77.3 cm³/mol. The summed E-state index contributed by atoms with van der Waals surface area (Å²) in [7, 11) is 1.69. The summed E-state index contributed by atoms with van der Waals surface area (Å²) in [6.07, 6.45) is 3.13. The topological polar surface area (TPSA) is 34.1 Å². The van der Waals surface area contributed by atoms with Crippen molar-refractivity contribution in [3.63, 3.8) is 0 Å². The lowest BCUT2D eigenvalue weighted by atomic mass is 10.0. The molecule has 0 fully saturated rings. The molecule has 20 heavy (non-hydrogen) atoms. The molecule has 1 aliphatic rings. The van der Waals surface area contributed by atoms with Crippen LogP contribution in [0.2, 0.25) is 0 Å². The van der Waals surface area contributed by atoms with Crippen LogP contribution in [0.5, 0.6) is 0 Å². The average molecular weight is 274 g/mol. The number of halogens is 1. The number of hydrogen-bond donors (Lipinski definition) is 1. The lowest BCUT2D eigenvalue weighted by Crippen LogP contribution is -2.20. The number of nitrogens with zero attached hydrogens (tertiary/aromatic N) is 1. The molecule has 3 rings (SSSR count). The van der Waals surface area contributed by atoms with Crippen molar-refractivity contribution in [3.05, 3.63) is 40.8 Å². The van der Waals surface area contributed by atoms with Crippen LogP contribution >= 0.6 is 0 Å². The second kappa shape index (κ2) is 5.85. The number of methoxy groups -OCH3 is 1. The molecule has 4 heteroatoms. The van der Waals surface area contributed by atoms with E-state index >= 15 is 0 Å². The van der Waals surface area contributed by atoms with Gasteiger partial charge in [0.25, 0.3) is 0 Å². The van der Waals surface area contributed by atoms with Gasteiger partial charge in [-0.25, -0.2) is 9.37 Å². The van der Waals surface area contributed by atoms with Crippen LogP contribution in [0.15, 0.2) is 18.2 Å². The molecule has 0 amide bonds. The first-order valence-electron chi connectivity index (χ1n) is 7.09. The highest BCUT2D eigenvalue weighted by Gasteiger charge is 2.20. The maximum absolute atomic E-state index is 14.0. The number of ether oxygens (including phenoxy) is 1. The third-order valence-corrected chi connectivity index (χ3v) is 3.90. The summed E-state index contributed by atoms with van der Waals surface area (Å²) in [5, 5.41) is 4.31. The van der Waals surface area contributed by atoms with Crippen LogP contribution in [0.25, 0.3) is 10.9 Å². The van der Waals surface area contributed by atoms with Gasteiger partial charge in [-0.15, -0.1) is 0 Å². The Balaban J connectivity index is 2.01. The molecule has 1 aromatic carbocycles. The molecular formula is C16H19FN2O. The fraction of sp³-hybridized carbons (Fsp3) is 0.438. The van der Waals surface area contributed by atoms with Crippen molar-refractivity contribution >= 4 is 10.9 Å². The molecule has 0 radical (unpaired) electrons. The van der Waals surface area contributed by atoms with Gasteiger partial charge in [-0.05, 0) is 36.5 Å². The fourth-order valence-corrected chi connectivity index (χ4v) is 2.94. The molecule has 106 valence electrons. The molecule has 0 aliphatic heterocycles. The van der Waals surface area contributed by atoms with E-state index in [0.29, 0.717) is 12.1 Å². The lowest BCUT2D eigenvalue weighted by molar-refractivity contribution is 0.199. The lowest BCUT2D eigenvalue weighted by Gasteiger charge is -2.13. The molecule has 3 nitrogen and oxygen atoms in total. The summed E-state index contributed by atoms with van der Waals surface area (Å²) in [6, 6.07) is 5.22. The monoisotopic (exact) mass is 274 g/mol. The van der Waals surface area contributed by atoms with E-state index in [4.69, 9.17) is 4.74 Å². The first kappa shape index (κ1) is 13.5. The van der Waals surface area contributed by atoms with Crippen molar-refractivity contribution in [2.24, 2.45) is 0 Å². The summed E-state index contributed by atoms with van der Waals surface area (Å²) in [6.45, 7) is 2.22. The molecule has 1 aliphatic carbocycles. The van der Waals surface area contributed by atoms with Crippen molar-refractivity contribution in [2.75, 3.05) is 20.3 Å². The zero-order valence-electron chi connectivity index (χ0n) is 11.7. The molecular weight excluding hydrogens is 255 g/mol. The summed E-state index contributed by atoms with van der Waals surface area (Å²) in [4.78, 5) is 4.53. The van der Waals surface area contributed by atoms with Crippen LogP contribution in [-0.4, -0.2) is 25.2 Å². The second-order valence-corrected chi connectivity index (χ2v) is 5.17. The number of pyridine rings is 1. The van der Waals surface area contributed by atoms with Gasteiger partial charge in [-0.3, -0.25) is 0 Å². The van der Waals surface area contributed by atoms with Gasteiger partial charge >= 0.3 is 0 Å². The van der Waals surface area contributed by atoms with E-state index in [-0.39, 0.29) is 5.82 Å². The molecule has 0 saturated carbocycles. The van der Waals surface area contributed by atoms with Crippen LogP contribution in [0.1, 0.15) is 23.2 Å². The van der Waals surface area contributed by atoms with Gasteiger partial charge in [0.05, 0.1) is 6.61 Å². The van der Waals surface area contributed by atoms with Crippen molar-refractivity contribution in [3.8, 4) is 0 Å². The fourth-order valence-electron chi connectivity index (χ4n) is 2.94. The zero-order valence-corrected chi connectivity index (χ0v) is 11.7. The Morgan fingerprint density at radius 2 is 2.25 bits per heavy atom. The van der Waals surface area contributed by atoms with Crippen molar-refractivity contribution in [1.29, 1.82) is 0 Å².